The van der Waals surface area contributed by atoms with E-state index in [-0.39, 0.29) is 11.4 Å². The Morgan fingerprint density at radius 2 is 1.64 bits per heavy atom. The van der Waals surface area contributed by atoms with Crippen molar-refractivity contribution in [2.24, 2.45) is 0 Å². The van der Waals surface area contributed by atoms with Crippen LogP contribution in [-0.4, -0.2) is 16.4 Å². The molecule has 4 nitrogen and oxygen atoms in total. The van der Waals surface area contributed by atoms with Crippen LogP contribution in [0.3, 0.4) is 0 Å². The van der Waals surface area contributed by atoms with Gasteiger partial charge in [-0.1, -0.05) is 42.5 Å². The van der Waals surface area contributed by atoms with Gasteiger partial charge in [-0.3, -0.25) is 10.1 Å². The maximum Gasteiger partial charge on any atom is 0.257 e. The molecule has 0 spiro atoms. The number of hydrogen-bond acceptors (Lipinski definition) is 3. The van der Waals surface area contributed by atoms with Crippen LogP contribution < -0.4 is 5.32 Å². The number of rotatable bonds is 3. The molecule has 0 atom stereocenters. The monoisotopic (exact) mass is 312 g/mol. The molecule has 5 heteroatoms. The Morgan fingerprint density at radius 1 is 1.00 bits per heavy atom. The molecule has 0 saturated heterocycles. The van der Waals surface area contributed by atoms with E-state index in [1.165, 1.54) is 11.3 Å². The number of thiazole rings is 1. The van der Waals surface area contributed by atoms with Crippen LogP contribution in [-0.2, 0) is 0 Å². The predicted octanol–water partition coefficient (Wildman–Crippen LogP) is 3.55. The highest BCUT2D eigenvalue weighted by Gasteiger charge is 2.08. The fraction of sp³-hybridized carbons (Fsp3) is 0.0588. The lowest BCUT2D eigenvalue weighted by Crippen LogP contribution is -2.11. The third-order valence-corrected chi connectivity index (χ3v) is 3.97. The number of carbonyl (C=O) groups is 1. The number of hydrogen-bond donors (Lipinski definition) is 1. The molecule has 3 N–H and O–H groups in total. The number of anilines is 1. The molecule has 0 aliphatic heterocycles. The Labute approximate surface area is 132 Å². The minimum absolute atomic E-state index is 0. The van der Waals surface area contributed by atoms with Crippen molar-refractivity contribution in [3.05, 3.63) is 71.2 Å². The first kappa shape index (κ1) is 15.9. The molecule has 2 aromatic carbocycles. The number of aryl methyl sites for hydroxylation is 1. The van der Waals surface area contributed by atoms with E-state index in [0.29, 0.717) is 10.7 Å². The summed E-state index contributed by atoms with van der Waals surface area (Å²) in [7, 11) is 0. The van der Waals surface area contributed by atoms with E-state index in [0.717, 1.165) is 16.8 Å². The van der Waals surface area contributed by atoms with Crippen molar-refractivity contribution in [3.8, 4) is 11.1 Å². The first-order chi connectivity index (χ1) is 10.2. The average Bonchev–Trinajstić information content (AvgIpc) is 2.93. The van der Waals surface area contributed by atoms with Gasteiger partial charge >= 0.3 is 0 Å². The Kier molecular flexibility index (Phi) is 5.04. The molecular formula is C17H16N2O2S. The maximum absolute atomic E-state index is 12.1. The lowest BCUT2D eigenvalue weighted by atomic mass is 10.0. The van der Waals surface area contributed by atoms with E-state index in [1.807, 2.05) is 66.9 Å². The Bertz CT molecular complexity index is 752. The largest absolute Gasteiger partial charge is 0.412 e. The smallest absolute Gasteiger partial charge is 0.257 e. The molecule has 112 valence electrons. The van der Waals surface area contributed by atoms with Crippen molar-refractivity contribution in [1.82, 2.24) is 4.98 Å². The van der Waals surface area contributed by atoms with Crippen LogP contribution in [0.15, 0.2) is 60.0 Å². The number of carbonyl (C=O) groups excluding carboxylic acids is 1. The highest BCUT2D eigenvalue weighted by Crippen LogP contribution is 2.20. The molecule has 0 aliphatic carbocycles. The van der Waals surface area contributed by atoms with E-state index >= 15 is 0 Å². The Morgan fingerprint density at radius 3 is 2.23 bits per heavy atom. The van der Waals surface area contributed by atoms with Gasteiger partial charge in [-0.15, -0.1) is 11.3 Å². The number of benzene rings is 2. The summed E-state index contributed by atoms with van der Waals surface area (Å²) in [6, 6.07) is 17.7. The first-order valence-corrected chi connectivity index (χ1v) is 7.49. The van der Waals surface area contributed by atoms with Crippen molar-refractivity contribution in [2.45, 2.75) is 6.92 Å². The van der Waals surface area contributed by atoms with Crippen LogP contribution in [0, 0.1) is 6.92 Å². The second-order valence-corrected chi connectivity index (χ2v) is 5.55. The fourth-order valence-electron chi connectivity index (χ4n) is 2.03. The Hall–Kier alpha value is -2.50. The molecule has 1 heterocycles. The van der Waals surface area contributed by atoms with E-state index in [4.69, 9.17) is 0 Å². The molecule has 0 unspecified atom stereocenters. The van der Waals surface area contributed by atoms with Crippen LogP contribution >= 0.6 is 11.3 Å². The summed E-state index contributed by atoms with van der Waals surface area (Å²) in [5.41, 5.74) is 3.77. The van der Waals surface area contributed by atoms with Gasteiger partial charge in [0.15, 0.2) is 5.13 Å². The summed E-state index contributed by atoms with van der Waals surface area (Å²) in [6.07, 6.45) is 0. The zero-order chi connectivity index (χ0) is 14.7. The van der Waals surface area contributed by atoms with Gasteiger partial charge in [-0.2, -0.15) is 0 Å². The number of nitrogens with zero attached hydrogens (tertiary/aromatic N) is 1. The van der Waals surface area contributed by atoms with Gasteiger partial charge in [-0.05, 0) is 30.2 Å². The molecule has 0 radical (unpaired) electrons. The summed E-state index contributed by atoms with van der Waals surface area (Å²) in [5, 5.41) is 5.35. The minimum Gasteiger partial charge on any atom is -0.412 e. The molecule has 3 rings (SSSR count). The van der Waals surface area contributed by atoms with Crippen LogP contribution in [0.2, 0.25) is 0 Å². The maximum atomic E-state index is 12.1. The molecule has 1 aromatic heterocycles. The van der Waals surface area contributed by atoms with Gasteiger partial charge < -0.3 is 5.48 Å². The van der Waals surface area contributed by atoms with Gasteiger partial charge in [-0.25, -0.2) is 4.98 Å². The van der Waals surface area contributed by atoms with Gasteiger partial charge in [0.1, 0.15) is 0 Å². The summed E-state index contributed by atoms with van der Waals surface area (Å²) in [4.78, 5) is 16.4. The minimum atomic E-state index is -0.135. The van der Waals surface area contributed by atoms with Gasteiger partial charge in [0, 0.05) is 10.9 Å². The molecule has 0 saturated carbocycles. The number of aromatic nitrogens is 1. The Balaban J connectivity index is 0.00000176. The number of nitrogens with one attached hydrogen (secondary N) is 1. The topological polar surface area (TPSA) is 73.5 Å². The van der Waals surface area contributed by atoms with Gasteiger partial charge in [0.2, 0.25) is 0 Å². The molecule has 0 bridgehead atoms. The van der Waals surface area contributed by atoms with Crippen molar-refractivity contribution >= 4 is 22.4 Å². The zero-order valence-electron chi connectivity index (χ0n) is 12.0. The van der Waals surface area contributed by atoms with Crippen molar-refractivity contribution in [3.63, 3.8) is 0 Å². The second-order valence-electron chi connectivity index (χ2n) is 4.69. The summed E-state index contributed by atoms with van der Waals surface area (Å²) < 4.78 is 0. The summed E-state index contributed by atoms with van der Waals surface area (Å²) in [5.74, 6) is -0.135. The highest BCUT2D eigenvalue weighted by atomic mass is 32.1. The van der Waals surface area contributed by atoms with Crippen LogP contribution in [0.5, 0.6) is 0 Å². The van der Waals surface area contributed by atoms with Crippen LogP contribution in [0.1, 0.15) is 16.1 Å². The SMILES string of the molecule is Cc1csc(NC(=O)c2ccc(-c3ccccc3)cc2)n1.O. The van der Waals surface area contributed by atoms with Gasteiger partial charge in [0.25, 0.3) is 5.91 Å². The summed E-state index contributed by atoms with van der Waals surface area (Å²) in [6.45, 7) is 1.90. The molecular weight excluding hydrogens is 296 g/mol. The molecule has 1 amide bonds. The second kappa shape index (κ2) is 6.98. The number of amides is 1. The lowest BCUT2D eigenvalue weighted by molar-refractivity contribution is 0.102. The quantitative estimate of drug-likeness (QED) is 0.803. The average molecular weight is 312 g/mol. The molecule has 0 fully saturated rings. The normalized spacial score (nSPS) is 9.86. The van der Waals surface area contributed by atoms with Crippen molar-refractivity contribution in [2.75, 3.05) is 5.32 Å². The third-order valence-electron chi connectivity index (χ3n) is 3.09. The highest BCUT2D eigenvalue weighted by molar-refractivity contribution is 7.13. The lowest BCUT2D eigenvalue weighted by Gasteiger charge is -2.04. The van der Waals surface area contributed by atoms with Gasteiger partial charge in [0.05, 0.1) is 5.69 Å². The predicted molar refractivity (Wildman–Crippen MR) is 90.3 cm³/mol. The molecule has 3 aromatic rings. The van der Waals surface area contributed by atoms with E-state index in [9.17, 15) is 4.79 Å². The molecule has 22 heavy (non-hydrogen) atoms. The third kappa shape index (κ3) is 3.58. The van der Waals surface area contributed by atoms with E-state index in [1.54, 1.807) is 0 Å². The van der Waals surface area contributed by atoms with Crippen LogP contribution in [0.25, 0.3) is 11.1 Å². The molecule has 0 aliphatic rings. The van der Waals surface area contributed by atoms with Crippen LogP contribution in [0.4, 0.5) is 5.13 Å². The van der Waals surface area contributed by atoms with Crippen molar-refractivity contribution < 1.29 is 10.3 Å². The first-order valence-electron chi connectivity index (χ1n) is 6.61. The van der Waals surface area contributed by atoms with Crippen molar-refractivity contribution in [1.29, 1.82) is 0 Å². The standard InChI is InChI=1S/C17H14N2OS.H2O/c1-12-11-21-17(18-12)19-16(20)15-9-7-14(8-10-15)13-5-3-2-4-6-13;/h2-11H,1H3,(H,18,19,20);1H2. The van der Waals surface area contributed by atoms with E-state index in [2.05, 4.69) is 10.3 Å². The fourth-order valence-corrected chi connectivity index (χ4v) is 2.71. The zero-order valence-corrected chi connectivity index (χ0v) is 12.9. The van der Waals surface area contributed by atoms with E-state index < -0.39 is 0 Å². The summed E-state index contributed by atoms with van der Waals surface area (Å²) >= 11 is 1.43.